The number of nitrogens with one attached hydrogen (secondary N) is 1. The minimum atomic E-state index is 0.464. The molecule has 20 heavy (non-hydrogen) atoms. The summed E-state index contributed by atoms with van der Waals surface area (Å²) in [6, 6.07) is 6.97. The Balaban J connectivity index is 2.18. The van der Waals surface area contributed by atoms with Crippen LogP contribution in [-0.2, 0) is 13.0 Å². The molecule has 2 aromatic rings. The number of rotatable bonds is 6. The third kappa shape index (κ3) is 3.58. The molecule has 0 aliphatic rings. The Labute approximate surface area is 125 Å². The maximum Gasteiger partial charge on any atom is 0.0445 e. The summed E-state index contributed by atoms with van der Waals surface area (Å²) in [5, 5.41) is 5.36. The van der Waals surface area contributed by atoms with Gasteiger partial charge >= 0.3 is 0 Å². The van der Waals surface area contributed by atoms with Gasteiger partial charge in [-0.05, 0) is 38.4 Å². The van der Waals surface area contributed by atoms with E-state index in [-0.39, 0.29) is 0 Å². The Bertz CT molecular complexity index is 537. The Hall–Kier alpha value is -1.39. The minimum absolute atomic E-state index is 0.464. The molecule has 2 heterocycles. The molecular weight excluding hydrogens is 266 g/mol. The Morgan fingerprint density at radius 1 is 1.45 bits per heavy atom. The summed E-state index contributed by atoms with van der Waals surface area (Å²) in [6.45, 7) is 5.17. The number of aryl methyl sites for hydroxylation is 1. The summed E-state index contributed by atoms with van der Waals surface area (Å²) in [4.78, 5) is 8.21. The first kappa shape index (κ1) is 15.0. The normalized spacial score (nSPS) is 12.4. The molecule has 2 aromatic heterocycles. The molecular formula is C16H23N3S. The highest BCUT2D eigenvalue weighted by molar-refractivity contribution is 7.09. The fraction of sp³-hybridized carbons (Fsp3) is 0.438. The van der Waals surface area contributed by atoms with Crippen LogP contribution < -0.4 is 10.2 Å². The van der Waals surface area contributed by atoms with Crippen LogP contribution in [0.15, 0.2) is 29.8 Å². The van der Waals surface area contributed by atoms with Gasteiger partial charge in [-0.2, -0.15) is 0 Å². The molecule has 0 bridgehead atoms. The summed E-state index contributed by atoms with van der Waals surface area (Å²) in [7, 11) is 4.14. The molecule has 0 aromatic carbocycles. The second-order valence-corrected chi connectivity index (χ2v) is 6.26. The van der Waals surface area contributed by atoms with Crippen LogP contribution >= 0.6 is 11.3 Å². The van der Waals surface area contributed by atoms with Gasteiger partial charge in [0.1, 0.15) is 0 Å². The number of nitrogens with zero attached hydrogens (tertiary/aromatic N) is 2. The molecule has 0 radical (unpaired) electrons. The van der Waals surface area contributed by atoms with Crippen molar-refractivity contribution < 1.29 is 0 Å². The number of thiophene rings is 1. The van der Waals surface area contributed by atoms with E-state index < -0.39 is 0 Å². The highest BCUT2D eigenvalue weighted by atomic mass is 32.1. The highest BCUT2D eigenvalue weighted by Gasteiger charge is 2.15. The molecule has 1 atom stereocenters. The molecule has 0 aliphatic carbocycles. The first-order valence-electron chi connectivity index (χ1n) is 6.97. The van der Waals surface area contributed by atoms with Crippen LogP contribution in [0.2, 0.25) is 0 Å². The predicted molar refractivity (Wildman–Crippen MR) is 87.6 cm³/mol. The van der Waals surface area contributed by atoms with Crippen molar-refractivity contribution >= 4 is 17.0 Å². The fourth-order valence-corrected chi connectivity index (χ4v) is 3.15. The molecule has 2 rings (SSSR count). The standard InChI is InChI=1S/C16H23N3S/c1-12-8-16(14(10-17-3)11-18-12)19(4)13(2)9-15-6-5-7-20-15/h5-8,11,13,17H,9-10H2,1-4H3. The van der Waals surface area contributed by atoms with Crippen molar-refractivity contribution in [2.24, 2.45) is 0 Å². The third-order valence-electron chi connectivity index (χ3n) is 3.58. The van der Waals surface area contributed by atoms with Crippen molar-refractivity contribution in [2.75, 3.05) is 19.0 Å². The first-order chi connectivity index (χ1) is 9.61. The Morgan fingerprint density at radius 3 is 2.90 bits per heavy atom. The lowest BCUT2D eigenvalue weighted by atomic mass is 10.1. The quantitative estimate of drug-likeness (QED) is 0.885. The predicted octanol–water partition coefficient (Wildman–Crippen LogP) is 3.24. The van der Waals surface area contributed by atoms with E-state index in [0.29, 0.717) is 6.04 Å². The molecule has 0 aliphatic heterocycles. The van der Waals surface area contributed by atoms with Crippen LogP contribution in [0.1, 0.15) is 23.1 Å². The molecule has 0 saturated heterocycles. The van der Waals surface area contributed by atoms with Crippen molar-refractivity contribution in [1.29, 1.82) is 0 Å². The summed E-state index contributed by atoms with van der Waals surface area (Å²) in [5.74, 6) is 0. The van der Waals surface area contributed by atoms with E-state index in [1.807, 2.05) is 31.5 Å². The average Bonchev–Trinajstić information content (AvgIpc) is 2.93. The van der Waals surface area contributed by atoms with Crippen molar-refractivity contribution in [3.05, 3.63) is 45.9 Å². The van der Waals surface area contributed by atoms with Crippen LogP contribution in [0.25, 0.3) is 0 Å². The van der Waals surface area contributed by atoms with Crippen molar-refractivity contribution in [1.82, 2.24) is 10.3 Å². The molecule has 1 N–H and O–H groups in total. The van der Waals surface area contributed by atoms with E-state index in [1.54, 1.807) is 0 Å². The SMILES string of the molecule is CNCc1cnc(C)cc1N(C)C(C)Cc1cccs1. The van der Waals surface area contributed by atoms with Crippen LogP contribution in [0, 0.1) is 6.92 Å². The number of pyridine rings is 1. The summed E-state index contributed by atoms with van der Waals surface area (Å²) in [6.07, 6.45) is 3.06. The zero-order valence-corrected chi connectivity index (χ0v) is 13.5. The van der Waals surface area contributed by atoms with Gasteiger partial charge in [-0.1, -0.05) is 6.07 Å². The van der Waals surface area contributed by atoms with Crippen LogP contribution in [0.3, 0.4) is 0 Å². The monoisotopic (exact) mass is 289 g/mol. The molecule has 0 saturated carbocycles. The van der Waals surface area contributed by atoms with Gasteiger partial charge in [0, 0.05) is 54.1 Å². The Morgan fingerprint density at radius 2 is 2.25 bits per heavy atom. The van der Waals surface area contributed by atoms with Crippen LogP contribution in [-0.4, -0.2) is 25.1 Å². The van der Waals surface area contributed by atoms with Gasteiger partial charge in [0.25, 0.3) is 0 Å². The largest absolute Gasteiger partial charge is 0.371 e. The van der Waals surface area contributed by atoms with Gasteiger partial charge in [-0.15, -0.1) is 11.3 Å². The molecule has 4 heteroatoms. The molecule has 108 valence electrons. The lowest BCUT2D eigenvalue weighted by Gasteiger charge is -2.29. The number of hydrogen-bond donors (Lipinski definition) is 1. The van der Waals surface area contributed by atoms with Crippen molar-refractivity contribution in [3.63, 3.8) is 0 Å². The lowest BCUT2D eigenvalue weighted by molar-refractivity contribution is 0.680. The maximum absolute atomic E-state index is 4.41. The van der Waals surface area contributed by atoms with Crippen LogP contribution in [0.4, 0.5) is 5.69 Å². The topological polar surface area (TPSA) is 28.2 Å². The zero-order chi connectivity index (χ0) is 14.5. The third-order valence-corrected chi connectivity index (χ3v) is 4.48. The summed E-state index contributed by atoms with van der Waals surface area (Å²) >= 11 is 1.83. The highest BCUT2D eigenvalue weighted by Crippen LogP contribution is 2.23. The number of hydrogen-bond acceptors (Lipinski definition) is 4. The van der Waals surface area contributed by atoms with Crippen molar-refractivity contribution in [3.8, 4) is 0 Å². The number of anilines is 1. The first-order valence-corrected chi connectivity index (χ1v) is 7.85. The lowest BCUT2D eigenvalue weighted by Crippen LogP contribution is -2.31. The van der Waals surface area contributed by atoms with E-state index in [1.165, 1.54) is 16.1 Å². The number of aromatic nitrogens is 1. The second kappa shape index (κ2) is 6.86. The fourth-order valence-electron chi connectivity index (χ4n) is 2.32. The van der Waals surface area contributed by atoms with Gasteiger partial charge in [-0.3, -0.25) is 4.98 Å². The van der Waals surface area contributed by atoms with Gasteiger partial charge in [0.05, 0.1) is 0 Å². The average molecular weight is 289 g/mol. The van der Waals surface area contributed by atoms with Gasteiger partial charge < -0.3 is 10.2 Å². The van der Waals surface area contributed by atoms with E-state index in [9.17, 15) is 0 Å². The molecule has 3 nitrogen and oxygen atoms in total. The maximum atomic E-state index is 4.41. The van der Waals surface area contributed by atoms with E-state index in [4.69, 9.17) is 0 Å². The van der Waals surface area contributed by atoms with Gasteiger partial charge in [-0.25, -0.2) is 0 Å². The smallest absolute Gasteiger partial charge is 0.0445 e. The summed E-state index contributed by atoms with van der Waals surface area (Å²) < 4.78 is 0. The molecule has 0 amide bonds. The van der Waals surface area contributed by atoms with E-state index in [0.717, 1.165) is 18.7 Å². The minimum Gasteiger partial charge on any atom is -0.371 e. The van der Waals surface area contributed by atoms with Gasteiger partial charge in [0.15, 0.2) is 0 Å². The van der Waals surface area contributed by atoms with Crippen molar-refractivity contribution in [2.45, 2.75) is 32.9 Å². The van der Waals surface area contributed by atoms with E-state index >= 15 is 0 Å². The van der Waals surface area contributed by atoms with Gasteiger partial charge in [0.2, 0.25) is 0 Å². The summed E-state index contributed by atoms with van der Waals surface area (Å²) in [5.41, 5.74) is 3.59. The number of likely N-dealkylation sites (N-methyl/N-ethyl adjacent to an activating group) is 1. The second-order valence-electron chi connectivity index (χ2n) is 5.23. The molecule has 1 unspecified atom stereocenters. The zero-order valence-electron chi connectivity index (χ0n) is 12.7. The molecule has 0 fully saturated rings. The van der Waals surface area contributed by atoms with E-state index in [2.05, 4.69) is 52.8 Å². The van der Waals surface area contributed by atoms with Crippen LogP contribution in [0.5, 0.6) is 0 Å². The Kier molecular flexibility index (Phi) is 5.15. The molecule has 0 spiro atoms.